The molecule has 0 amide bonds. The van der Waals surface area contributed by atoms with Gasteiger partial charge in [-0.2, -0.15) is 10.5 Å². The quantitative estimate of drug-likeness (QED) is 0.302. The number of hydrogen-bond acceptors (Lipinski definition) is 4. The highest BCUT2D eigenvalue weighted by Gasteiger charge is 2.41. The Bertz CT molecular complexity index is 693. The van der Waals surface area contributed by atoms with Crippen LogP contribution in [0.1, 0.15) is 32.6 Å². The van der Waals surface area contributed by atoms with Gasteiger partial charge in [-0.1, -0.05) is 31.8 Å². The minimum absolute atomic E-state index is 0.0661. The molecule has 2 atom stereocenters. The van der Waals surface area contributed by atoms with Gasteiger partial charge in [0.15, 0.2) is 5.41 Å². The van der Waals surface area contributed by atoms with E-state index in [0.29, 0.717) is 25.9 Å². The van der Waals surface area contributed by atoms with Gasteiger partial charge in [-0.15, -0.1) is 18.0 Å². The number of rotatable bonds is 6. The van der Waals surface area contributed by atoms with Gasteiger partial charge in [0.05, 0.1) is 24.7 Å². The van der Waals surface area contributed by atoms with E-state index in [2.05, 4.69) is 49.8 Å². The zero-order valence-corrected chi connectivity index (χ0v) is 17.3. The average molecular weight is 369 g/mol. The van der Waals surface area contributed by atoms with E-state index in [1.54, 1.807) is 13.0 Å². The van der Waals surface area contributed by atoms with Crippen molar-refractivity contribution in [2.24, 2.45) is 17.3 Å². The Kier molecular flexibility index (Phi) is 7.88. The van der Waals surface area contributed by atoms with Crippen LogP contribution < -0.4 is 0 Å². The Morgan fingerprint density at radius 1 is 1.42 bits per heavy atom. The number of carbonyl (C=O) groups is 1. The molecule has 0 saturated carbocycles. The first-order valence-electron chi connectivity index (χ1n) is 9.03. The van der Waals surface area contributed by atoms with E-state index < -0.39 is 13.5 Å². The fourth-order valence-corrected chi connectivity index (χ4v) is 3.80. The zero-order chi connectivity index (χ0) is 19.8. The second kappa shape index (κ2) is 9.42. The summed E-state index contributed by atoms with van der Waals surface area (Å²) in [6, 6.07) is 4.42. The number of hydrogen-bond donors (Lipinski definition) is 0. The van der Waals surface area contributed by atoms with Crippen LogP contribution >= 0.6 is 0 Å². The molecule has 5 heteroatoms. The number of nitrogens with zero attached hydrogens (tertiary/aromatic N) is 2. The van der Waals surface area contributed by atoms with Gasteiger partial charge < -0.3 is 4.74 Å². The molecule has 0 N–H and O–H groups in total. The van der Waals surface area contributed by atoms with Crippen LogP contribution in [-0.4, -0.2) is 20.7 Å². The minimum Gasteiger partial charge on any atom is -0.466 e. The van der Waals surface area contributed by atoms with Gasteiger partial charge in [-0.3, -0.25) is 4.79 Å². The van der Waals surface area contributed by atoms with Crippen LogP contribution in [0.15, 0.2) is 24.3 Å². The number of carbonyl (C=O) groups excluding carboxylic acids is 1. The standard InChI is InChI=1S/C21H28N2O2Si/c1-6-9-17-14-18(20(24)25-7-2)10-11-19(17)21(15-22,16-23)12-8-13-26(3,4)5/h6,11,17-18H,1,7,9-10,12,14H2,2-5H3/t17-,18+/m1/s1. The first kappa shape index (κ1) is 21.7. The van der Waals surface area contributed by atoms with Crippen LogP contribution in [0.2, 0.25) is 19.6 Å². The third-order valence-electron chi connectivity index (χ3n) is 4.39. The molecular weight excluding hydrogens is 340 g/mol. The Morgan fingerprint density at radius 3 is 2.58 bits per heavy atom. The summed E-state index contributed by atoms with van der Waals surface area (Å²) in [5.41, 5.74) is 2.76. The maximum atomic E-state index is 12.1. The highest BCUT2D eigenvalue weighted by atomic mass is 28.3. The van der Waals surface area contributed by atoms with Gasteiger partial charge in [0.25, 0.3) is 0 Å². The Balaban J connectivity index is 3.20. The van der Waals surface area contributed by atoms with Gasteiger partial charge in [-0.05, 0) is 37.7 Å². The van der Waals surface area contributed by atoms with E-state index in [4.69, 9.17) is 4.74 Å². The van der Waals surface area contributed by atoms with E-state index in [-0.39, 0.29) is 24.2 Å². The molecule has 0 aliphatic heterocycles. The summed E-state index contributed by atoms with van der Waals surface area (Å²) < 4.78 is 5.14. The monoisotopic (exact) mass is 368 g/mol. The lowest BCUT2D eigenvalue weighted by atomic mass is 9.67. The molecule has 0 spiro atoms. The van der Waals surface area contributed by atoms with E-state index in [9.17, 15) is 15.3 Å². The highest BCUT2D eigenvalue weighted by molar-refractivity contribution is 6.83. The van der Waals surface area contributed by atoms with Gasteiger partial charge in [0.2, 0.25) is 0 Å². The minimum atomic E-state index is -1.58. The third-order valence-corrected chi connectivity index (χ3v) is 5.32. The lowest BCUT2D eigenvalue weighted by molar-refractivity contribution is -0.148. The molecular formula is C21H28N2O2Si. The predicted molar refractivity (Wildman–Crippen MR) is 105 cm³/mol. The average Bonchev–Trinajstić information content (AvgIpc) is 2.59. The smallest absolute Gasteiger partial charge is 0.309 e. The Morgan fingerprint density at radius 2 is 2.08 bits per heavy atom. The summed E-state index contributed by atoms with van der Waals surface area (Å²) in [4.78, 5) is 12.1. The molecule has 0 aromatic heterocycles. The molecule has 0 aromatic carbocycles. The van der Waals surface area contributed by atoms with Crippen LogP contribution in [0.4, 0.5) is 0 Å². The zero-order valence-electron chi connectivity index (χ0n) is 16.3. The molecule has 138 valence electrons. The summed E-state index contributed by atoms with van der Waals surface area (Å²) in [5, 5.41) is 19.6. The van der Waals surface area contributed by atoms with Crippen molar-refractivity contribution < 1.29 is 9.53 Å². The van der Waals surface area contributed by atoms with Crippen LogP contribution in [0.3, 0.4) is 0 Å². The van der Waals surface area contributed by atoms with Crippen molar-refractivity contribution in [2.75, 3.05) is 6.61 Å². The molecule has 0 heterocycles. The van der Waals surface area contributed by atoms with Crippen molar-refractivity contribution in [3.63, 3.8) is 0 Å². The molecule has 1 rings (SSSR count). The second-order valence-corrected chi connectivity index (χ2v) is 12.4. The molecule has 0 unspecified atom stereocenters. The Labute approximate surface area is 158 Å². The van der Waals surface area contributed by atoms with Crippen molar-refractivity contribution >= 4 is 14.0 Å². The summed E-state index contributed by atoms with van der Waals surface area (Å²) in [7, 11) is -1.58. The second-order valence-electron chi connectivity index (χ2n) is 7.66. The molecule has 0 radical (unpaired) electrons. The lowest BCUT2D eigenvalue weighted by Crippen LogP contribution is -2.31. The van der Waals surface area contributed by atoms with E-state index in [0.717, 1.165) is 5.57 Å². The summed E-state index contributed by atoms with van der Waals surface area (Å²) >= 11 is 0. The van der Waals surface area contributed by atoms with Gasteiger partial charge >= 0.3 is 5.97 Å². The fraction of sp³-hybridized carbons (Fsp3) is 0.571. The van der Waals surface area contributed by atoms with E-state index in [1.165, 1.54) is 0 Å². The van der Waals surface area contributed by atoms with Crippen LogP contribution in [0.25, 0.3) is 0 Å². The topological polar surface area (TPSA) is 73.9 Å². The SMILES string of the molecule is C=CC[C@@H]1C[C@@H](C(=O)OCC)CC=C1C(C#N)(C#N)CC#C[Si](C)(C)C. The predicted octanol–water partition coefficient (Wildman–Crippen LogP) is 4.38. The molecule has 0 aromatic rings. The molecule has 1 aliphatic rings. The first-order valence-corrected chi connectivity index (χ1v) is 12.5. The van der Waals surface area contributed by atoms with Crippen LogP contribution in [-0.2, 0) is 9.53 Å². The maximum Gasteiger partial charge on any atom is 0.309 e. The summed E-state index contributed by atoms with van der Waals surface area (Å²) in [6.45, 7) is 12.3. The molecule has 1 aliphatic carbocycles. The van der Waals surface area contributed by atoms with Crippen molar-refractivity contribution in [1.82, 2.24) is 0 Å². The molecule has 0 fully saturated rings. The molecule has 26 heavy (non-hydrogen) atoms. The van der Waals surface area contributed by atoms with Crippen LogP contribution in [0.5, 0.6) is 0 Å². The molecule has 0 saturated heterocycles. The van der Waals surface area contributed by atoms with Crippen molar-refractivity contribution in [2.45, 2.75) is 52.2 Å². The first-order chi connectivity index (χ1) is 12.2. The van der Waals surface area contributed by atoms with Crippen molar-refractivity contribution in [3.8, 4) is 23.6 Å². The van der Waals surface area contributed by atoms with Gasteiger partial charge in [-0.25, -0.2) is 0 Å². The third kappa shape index (κ3) is 5.62. The Hall–Kier alpha value is -2.29. The van der Waals surface area contributed by atoms with Gasteiger partial charge in [0.1, 0.15) is 8.07 Å². The summed E-state index contributed by atoms with van der Waals surface area (Å²) in [5.74, 6) is 2.58. The number of allylic oxidation sites excluding steroid dienone is 3. The summed E-state index contributed by atoms with van der Waals surface area (Å²) in [6.07, 6.45) is 5.56. The largest absolute Gasteiger partial charge is 0.466 e. The number of nitriles is 2. The highest BCUT2D eigenvalue weighted by Crippen LogP contribution is 2.43. The van der Waals surface area contributed by atoms with Crippen molar-refractivity contribution in [1.29, 1.82) is 10.5 Å². The van der Waals surface area contributed by atoms with Crippen LogP contribution in [0, 0.1) is 51.4 Å². The van der Waals surface area contributed by atoms with Crippen molar-refractivity contribution in [3.05, 3.63) is 24.3 Å². The number of esters is 1. The number of ether oxygens (including phenoxy) is 1. The van der Waals surface area contributed by atoms with E-state index in [1.807, 2.05) is 6.08 Å². The van der Waals surface area contributed by atoms with E-state index >= 15 is 0 Å². The van der Waals surface area contributed by atoms with Gasteiger partial charge in [0, 0.05) is 6.42 Å². The maximum absolute atomic E-state index is 12.1. The normalized spacial score (nSPS) is 19.8. The molecule has 0 bridgehead atoms. The fourth-order valence-electron chi connectivity index (χ4n) is 3.18. The lowest BCUT2D eigenvalue weighted by Gasteiger charge is -2.33. The molecule has 4 nitrogen and oxygen atoms in total.